The maximum atomic E-state index is 12.0. The number of aliphatic carboxylic acids is 1. The maximum Gasteiger partial charge on any atom is 0.311 e. The van der Waals surface area contributed by atoms with Crippen LogP contribution in [0.1, 0.15) is 25.0 Å². The molecule has 0 unspecified atom stereocenters. The predicted molar refractivity (Wildman–Crippen MR) is 79.3 cm³/mol. The molecule has 1 saturated carbocycles. The highest BCUT2D eigenvalue weighted by atomic mass is 32.1. The van der Waals surface area contributed by atoms with Crippen molar-refractivity contribution in [3.05, 3.63) is 11.1 Å². The van der Waals surface area contributed by atoms with Crippen LogP contribution in [0.15, 0.2) is 5.38 Å². The lowest BCUT2D eigenvalue weighted by atomic mass is 9.81. The third-order valence-electron chi connectivity index (χ3n) is 4.60. The summed E-state index contributed by atoms with van der Waals surface area (Å²) in [5, 5.41) is 14.8. The summed E-state index contributed by atoms with van der Waals surface area (Å²) in [6.07, 6.45) is 2.67. The Labute approximate surface area is 127 Å². The second-order valence-electron chi connectivity index (χ2n) is 6.06. The molecule has 2 atom stereocenters. The van der Waals surface area contributed by atoms with Crippen LogP contribution in [0.5, 0.6) is 0 Å². The third kappa shape index (κ3) is 2.67. The second-order valence-corrected chi connectivity index (χ2v) is 6.92. The average molecular weight is 309 g/mol. The van der Waals surface area contributed by atoms with Gasteiger partial charge in [-0.1, -0.05) is 6.42 Å². The number of carboxylic acid groups (broad SMARTS) is 1. The Morgan fingerprint density at radius 2 is 2.43 bits per heavy atom. The Balaban J connectivity index is 1.59. The van der Waals surface area contributed by atoms with Gasteiger partial charge in [-0.2, -0.15) is 0 Å². The molecule has 1 aromatic rings. The van der Waals surface area contributed by atoms with Gasteiger partial charge in [-0.3, -0.25) is 14.5 Å². The van der Waals surface area contributed by atoms with Gasteiger partial charge in [0.15, 0.2) is 5.13 Å². The van der Waals surface area contributed by atoms with Crippen LogP contribution in [0.2, 0.25) is 0 Å². The largest absolute Gasteiger partial charge is 0.481 e. The van der Waals surface area contributed by atoms with Crippen LogP contribution in [0.3, 0.4) is 0 Å². The molecular formula is C14H19N3O3S. The van der Waals surface area contributed by atoms with Crippen molar-refractivity contribution in [2.75, 3.05) is 25.0 Å². The molecule has 1 saturated heterocycles. The Bertz CT molecular complexity index is 574. The number of nitrogens with one attached hydrogen (secondary N) is 1. The van der Waals surface area contributed by atoms with E-state index in [0.29, 0.717) is 18.2 Å². The van der Waals surface area contributed by atoms with Crippen LogP contribution in [0.4, 0.5) is 5.13 Å². The van der Waals surface area contributed by atoms with E-state index in [1.54, 1.807) is 0 Å². The minimum absolute atomic E-state index is 0.120. The van der Waals surface area contributed by atoms with Crippen molar-refractivity contribution < 1.29 is 14.7 Å². The van der Waals surface area contributed by atoms with Crippen molar-refractivity contribution in [3.63, 3.8) is 0 Å². The van der Waals surface area contributed by atoms with Gasteiger partial charge in [0.05, 0.1) is 17.7 Å². The number of aryl methyl sites for hydroxylation is 1. The van der Waals surface area contributed by atoms with E-state index in [-0.39, 0.29) is 18.4 Å². The number of amides is 1. The number of carbonyl (C=O) groups is 2. The summed E-state index contributed by atoms with van der Waals surface area (Å²) in [5.74, 6) is -0.641. The van der Waals surface area contributed by atoms with Crippen molar-refractivity contribution in [1.29, 1.82) is 0 Å². The topological polar surface area (TPSA) is 82.5 Å². The van der Waals surface area contributed by atoms with Crippen LogP contribution in [-0.2, 0) is 9.59 Å². The number of fused-ring (bicyclic) bond motifs is 1. The van der Waals surface area contributed by atoms with Crippen LogP contribution in [-0.4, -0.2) is 46.5 Å². The molecule has 1 aliphatic heterocycles. The summed E-state index contributed by atoms with van der Waals surface area (Å²) in [6.45, 7) is 3.31. The first-order valence-electron chi connectivity index (χ1n) is 7.17. The zero-order chi connectivity index (χ0) is 15.0. The number of likely N-dealkylation sites (tertiary alicyclic amines) is 1. The Morgan fingerprint density at radius 1 is 1.62 bits per heavy atom. The molecule has 0 spiro atoms. The van der Waals surface area contributed by atoms with Crippen LogP contribution in [0, 0.1) is 18.3 Å². The molecule has 2 heterocycles. The summed E-state index contributed by atoms with van der Waals surface area (Å²) in [5.41, 5.74) is 0.258. The fourth-order valence-corrected chi connectivity index (χ4v) is 4.34. The molecule has 0 aromatic carbocycles. The Kier molecular flexibility index (Phi) is 3.71. The van der Waals surface area contributed by atoms with Crippen molar-refractivity contribution in [2.45, 2.75) is 26.2 Å². The quantitative estimate of drug-likeness (QED) is 0.882. The van der Waals surface area contributed by atoms with E-state index in [4.69, 9.17) is 0 Å². The van der Waals surface area contributed by atoms with Crippen molar-refractivity contribution in [2.24, 2.45) is 11.3 Å². The first-order valence-corrected chi connectivity index (χ1v) is 8.05. The number of aromatic nitrogens is 1. The molecule has 6 nitrogen and oxygen atoms in total. The number of nitrogens with zero attached hydrogens (tertiary/aromatic N) is 2. The summed E-state index contributed by atoms with van der Waals surface area (Å²) in [4.78, 5) is 29.8. The summed E-state index contributed by atoms with van der Waals surface area (Å²) in [6, 6.07) is 0. The van der Waals surface area contributed by atoms with Gasteiger partial charge in [-0.25, -0.2) is 4.98 Å². The number of thiazole rings is 1. The third-order valence-corrected chi connectivity index (χ3v) is 5.48. The molecule has 1 aliphatic carbocycles. The van der Waals surface area contributed by atoms with Gasteiger partial charge in [-0.15, -0.1) is 11.3 Å². The van der Waals surface area contributed by atoms with Gasteiger partial charge in [0.2, 0.25) is 5.91 Å². The Morgan fingerprint density at radius 3 is 3.05 bits per heavy atom. The van der Waals surface area contributed by atoms with Crippen LogP contribution in [0.25, 0.3) is 0 Å². The lowest BCUT2D eigenvalue weighted by molar-refractivity contribution is -0.149. The van der Waals surface area contributed by atoms with Crippen molar-refractivity contribution >= 4 is 28.3 Å². The number of anilines is 1. The van der Waals surface area contributed by atoms with Gasteiger partial charge in [0.25, 0.3) is 0 Å². The normalized spacial score (nSPS) is 28.5. The van der Waals surface area contributed by atoms with E-state index in [2.05, 4.69) is 10.3 Å². The highest BCUT2D eigenvalue weighted by Crippen LogP contribution is 2.48. The molecule has 2 aliphatic rings. The molecule has 2 fully saturated rings. The van der Waals surface area contributed by atoms with E-state index in [0.717, 1.165) is 25.0 Å². The number of rotatable bonds is 4. The monoisotopic (exact) mass is 309 g/mol. The SMILES string of the molecule is Cc1csc(NC(=O)CN2C[C@@H]3CCC[C@@]3(C(=O)O)C2)n1. The fourth-order valence-electron chi connectivity index (χ4n) is 3.64. The molecule has 0 bridgehead atoms. The molecule has 3 rings (SSSR count). The summed E-state index contributed by atoms with van der Waals surface area (Å²) in [7, 11) is 0. The zero-order valence-corrected chi connectivity index (χ0v) is 12.8. The smallest absolute Gasteiger partial charge is 0.311 e. The van der Waals surface area contributed by atoms with Gasteiger partial charge in [0, 0.05) is 18.5 Å². The van der Waals surface area contributed by atoms with Crippen LogP contribution >= 0.6 is 11.3 Å². The Hall–Kier alpha value is -1.47. The summed E-state index contributed by atoms with van der Waals surface area (Å²) >= 11 is 1.40. The van der Waals surface area contributed by atoms with E-state index in [1.165, 1.54) is 11.3 Å². The predicted octanol–water partition coefficient (Wildman–Crippen LogP) is 1.58. The second kappa shape index (κ2) is 5.38. The zero-order valence-electron chi connectivity index (χ0n) is 12.0. The maximum absolute atomic E-state index is 12.0. The van der Waals surface area contributed by atoms with Gasteiger partial charge in [0.1, 0.15) is 0 Å². The van der Waals surface area contributed by atoms with Gasteiger partial charge in [-0.05, 0) is 25.7 Å². The first kappa shape index (κ1) is 14.5. The number of carboxylic acids is 1. The summed E-state index contributed by atoms with van der Waals surface area (Å²) < 4.78 is 0. The van der Waals surface area contributed by atoms with E-state index in [1.807, 2.05) is 17.2 Å². The lowest BCUT2D eigenvalue weighted by Gasteiger charge is -2.23. The van der Waals surface area contributed by atoms with Crippen molar-refractivity contribution in [1.82, 2.24) is 9.88 Å². The molecule has 1 aromatic heterocycles. The highest BCUT2D eigenvalue weighted by molar-refractivity contribution is 7.13. The minimum atomic E-state index is -0.705. The molecule has 21 heavy (non-hydrogen) atoms. The van der Waals surface area contributed by atoms with E-state index in [9.17, 15) is 14.7 Å². The molecule has 1 amide bonds. The van der Waals surface area contributed by atoms with E-state index >= 15 is 0 Å². The lowest BCUT2D eigenvalue weighted by Crippen LogP contribution is -2.37. The molecule has 114 valence electrons. The highest BCUT2D eigenvalue weighted by Gasteiger charge is 2.54. The minimum Gasteiger partial charge on any atom is -0.481 e. The number of carbonyl (C=O) groups excluding carboxylic acids is 1. The van der Waals surface area contributed by atoms with E-state index < -0.39 is 11.4 Å². The van der Waals surface area contributed by atoms with Crippen LogP contribution < -0.4 is 5.32 Å². The number of hydrogen-bond acceptors (Lipinski definition) is 5. The molecule has 7 heteroatoms. The average Bonchev–Trinajstić information content (AvgIpc) is 3.03. The first-order chi connectivity index (χ1) is 9.99. The fraction of sp³-hybridized carbons (Fsp3) is 0.643. The standard InChI is InChI=1S/C14H19N3O3S/c1-9-7-21-13(15-9)16-11(18)6-17-5-10-3-2-4-14(10,8-17)12(19)20/h7,10H,2-6,8H2,1H3,(H,19,20)(H,15,16,18)/t10-,14+/m0/s1. The molecule has 0 radical (unpaired) electrons. The molecule has 2 N–H and O–H groups in total. The molecular weight excluding hydrogens is 290 g/mol. The van der Waals surface area contributed by atoms with Gasteiger partial charge < -0.3 is 10.4 Å². The van der Waals surface area contributed by atoms with Crippen molar-refractivity contribution in [3.8, 4) is 0 Å². The van der Waals surface area contributed by atoms with Gasteiger partial charge >= 0.3 is 5.97 Å². The number of hydrogen-bond donors (Lipinski definition) is 2.